The van der Waals surface area contributed by atoms with Crippen LogP contribution in [0, 0.1) is 12.7 Å². The summed E-state index contributed by atoms with van der Waals surface area (Å²) in [6.07, 6.45) is -4.91. The number of aliphatic carboxylic acids is 1. The lowest BCUT2D eigenvalue weighted by molar-refractivity contribution is -0.274. The molecule has 1 heterocycles. The maximum Gasteiger partial charge on any atom is 0.573 e. The van der Waals surface area contributed by atoms with Gasteiger partial charge in [0.15, 0.2) is 11.6 Å². The molecule has 1 aromatic heterocycles. The SMILES string of the molecule is Cc1c([C@H](C)C(=O)NCC(=O)O)c2c(F)c(O)ccc2n1C(=O)c1ccc(OC(F)(F)F)cc1. The summed E-state index contributed by atoms with van der Waals surface area (Å²) in [7, 11) is 0. The second kappa shape index (κ2) is 9.04. The second-order valence-corrected chi connectivity index (χ2v) is 7.34. The molecule has 2 aromatic carbocycles. The Hall–Kier alpha value is -4.09. The first-order valence-electron chi connectivity index (χ1n) is 9.74. The Balaban J connectivity index is 2.11. The van der Waals surface area contributed by atoms with Gasteiger partial charge >= 0.3 is 12.3 Å². The van der Waals surface area contributed by atoms with Crippen molar-refractivity contribution in [2.75, 3.05) is 6.54 Å². The predicted molar refractivity (Wildman–Crippen MR) is 110 cm³/mol. The van der Waals surface area contributed by atoms with Crippen LogP contribution in [-0.2, 0) is 9.59 Å². The number of aromatic nitrogens is 1. The van der Waals surface area contributed by atoms with Crippen molar-refractivity contribution < 1.29 is 46.9 Å². The Morgan fingerprint density at radius 3 is 2.29 bits per heavy atom. The lowest BCUT2D eigenvalue weighted by Crippen LogP contribution is -2.32. The van der Waals surface area contributed by atoms with E-state index in [9.17, 15) is 37.1 Å². The summed E-state index contributed by atoms with van der Waals surface area (Å²) in [4.78, 5) is 36.5. The summed E-state index contributed by atoms with van der Waals surface area (Å²) in [5, 5.41) is 20.6. The highest BCUT2D eigenvalue weighted by atomic mass is 19.4. The number of nitrogens with zero attached hydrogens (tertiary/aromatic N) is 1. The molecule has 1 atom stereocenters. The van der Waals surface area contributed by atoms with E-state index in [4.69, 9.17) is 5.11 Å². The molecular formula is C22H18F4N2O6. The summed E-state index contributed by atoms with van der Waals surface area (Å²) in [5.41, 5.74) is 0.105. The van der Waals surface area contributed by atoms with E-state index in [2.05, 4.69) is 10.1 Å². The number of nitrogens with one attached hydrogen (secondary N) is 1. The van der Waals surface area contributed by atoms with Crippen LogP contribution < -0.4 is 10.1 Å². The molecule has 0 unspecified atom stereocenters. The highest BCUT2D eigenvalue weighted by molar-refractivity contribution is 6.06. The van der Waals surface area contributed by atoms with Gasteiger partial charge in [0.2, 0.25) is 5.91 Å². The molecule has 0 radical (unpaired) electrons. The lowest BCUT2D eigenvalue weighted by atomic mass is 9.96. The van der Waals surface area contributed by atoms with Crippen LogP contribution >= 0.6 is 0 Å². The first-order valence-corrected chi connectivity index (χ1v) is 9.74. The van der Waals surface area contributed by atoms with E-state index >= 15 is 0 Å². The van der Waals surface area contributed by atoms with Crippen molar-refractivity contribution in [3.05, 3.63) is 59.0 Å². The Labute approximate surface area is 189 Å². The zero-order valence-corrected chi connectivity index (χ0v) is 17.7. The quantitative estimate of drug-likeness (QED) is 0.462. The normalized spacial score (nSPS) is 12.4. The van der Waals surface area contributed by atoms with Gasteiger partial charge in [-0.3, -0.25) is 19.0 Å². The average Bonchev–Trinajstić information content (AvgIpc) is 3.05. The molecule has 0 aliphatic rings. The fraction of sp³-hybridized carbons (Fsp3) is 0.227. The van der Waals surface area contributed by atoms with Crippen molar-refractivity contribution in [3.63, 3.8) is 0 Å². The molecule has 1 amide bonds. The van der Waals surface area contributed by atoms with Crippen LogP contribution in [0.25, 0.3) is 10.9 Å². The van der Waals surface area contributed by atoms with Gasteiger partial charge < -0.3 is 20.3 Å². The highest BCUT2D eigenvalue weighted by Crippen LogP contribution is 2.37. The van der Waals surface area contributed by atoms with E-state index < -0.39 is 53.9 Å². The third-order valence-electron chi connectivity index (χ3n) is 5.11. The van der Waals surface area contributed by atoms with Crippen molar-refractivity contribution in [1.29, 1.82) is 0 Å². The maximum absolute atomic E-state index is 14.9. The molecule has 0 saturated heterocycles. The molecular weight excluding hydrogens is 464 g/mol. The van der Waals surface area contributed by atoms with Crippen molar-refractivity contribution in [2.45, 2.75) is 26.1 Å². The number of rotatable bonds is 6. The summed E-state index contributed by atoms with van der Waals surface area (Å²) in [6, 6.07) is 6.33. The second-order valence-electron chi connectivity index (χ2n) is 7.34. The van der Waals surface area contributed by atoms with E-state index in [1.807, 2.05) is 0 Å². The van der Waals surface area contributed by atoms with Gasteiger partial charge in [-0.25, -0.2) is 4.39 Å². The number of carbonyl (C=O) groups excluding carboxylic acids is 2. The van der Waals surface area contributed by atoms with E-state index in [0.717, 1.165) is 34.9 Å². The zero-order chi connectivity index (χ0) is 25.4. The molecule has 0 aliphatic heterocycles. The molecule has 0 fully saturated rings. The molecule has 8 nitrogen and oxygen atoms in total. The number of amides is 1. The standard InChI is InChI=1S/C22H18F4N2O6/c1-10(20(32)27-9-16(30)31)17-11(2)28(14-7-8-15(29)19(23)18(14)17)21(33)12-3-5-13(6-4-12)34-22(24,25)26/h3-8,10,29H,9H2,1-2H3,(H,27,32)(H,30,31)/t10-/m0/s1. The summed E-state index contributed by atoms with van der Waals surface area (Å²) < 4.78 is 57.0. The third-order valence-corrected chi connectivity index (χ3v) is 5.11. The number of carboxylic acid groups (broad SMARTS) is 1. The molecule has 0 saturated carbocycles. The number of carboxylic acids is 1. The van der Waals surface area contributed by atoms with Crippen LogP contribution in [0.4, 0.5) is 17.6 Å². The largest absolute Gasteiger partial charge is 0.573 e. The van der Waals surface area contributed by atoms with Gasteiger partial charge in [-0.15, -0.1) is 13.2 Å². The summed E-state index contributed by atoms with van der Waals surface area (Å²) in [5.74, 6) is -6.27. The number of phenolic OH excluding ortho intramolecular Hbond substituents is 1. The van der Waals surface area contributed by atoms with Crippen LogP contribution in [0.3, 0.4) is 0 Å². The van der Waals surface area contributed by atoms with Gasteiger partial charge in [0.05, 0.1) is 11.4 Å². The minimum absolute atomic E-state index is 0.00121. The highest BCUT2D eigenvalue weighted by Gasteiger charge is 2.32. The molecule has 0 aliphatic carbocycles. The van der Waals surface area contributed by atoms with Crippen molar-refractivity contribution in [1.82, 2.24) is 9.88 Å². The molecule has 0 spiro atoms. The first kappa shape index (κ1) is 24.6. The molecule has 3 rings (SSSR count). The molecule has 34 heavy (non-hydrogen) atoms. The fourth-order valence-electron chi connectivity index (χ4n) is 3.65. The van der Waals surface area contributed by atoms with Crippen LogP contribution in [0.1, 0.15) is 34.5 Å². The van der Waals surface area contributed by atoms with E-state index in [-0.39, 0.29) is 27.7 Å². The van der Waals surface area contributed by atoms with Gasteiger partial charge in [0.1, 0.15) is 12.3 Å². The van der Waals surface area contributed by atoms with Crippen LogP contribution in [0.5, 0.6) is 11.5 Å². The van der Waals surface area contributed by atoms with Crippen LogP contribution in [-0.4, -0.2) is 45.5 Å². The average molecular weight is 482 g/mol. The zero-order valence-electron chi connectivity index (χ0n) is 17.7. The summed E-state index contributed by atoms with van der Waals surface area (Å²) >= 11 is 0. The predicted octanol–water partition coefficient (Wildman–Crippen LogP) is 3.69. The number of ether oxygens (including phenoxy) is 1. The smallest absolute Gasteiger partial charge is 0.505 e. The Morgan fingerprint density at radius 1 is 1.12 bits per heavy atom. The van der Waals surface area contributed by atoms with Crippen LogP contribution in [0.2, 0.25) is 0 Å². The number of phenols is 1. The maximum atomic E-state index is 14.9. The molecule has 3 N–H and O–H groups in total. The van der Waals surface area contributed by atoms with Crippen LogP contribution in [0.15, 0.2) is 36.4 Å². The first-order chi connectivity index (χ1) is 15.8. The lowest BCUT2D eigenvalue weighted by Gasteiger charge is -2.13. The van der Waals surface area contributed by atoms with Crippen molar-refractivity contribution in [2.24, 2.45) is 0 Å². The third kappa shape index (κ3) is 4.80. The topological polar surface area (TPSA) is 118 Å². The number of alkyl halides is 3. The minimum Gasteiger partial charge on any atom is -0.505 e. The minimum atomic E-state index is -4.91. The van der Waals surface area contributed by atoms with Gasteiger partial charge in [-0.1, -0.05) is 0 Å². The summed E-state index contributed by atoms with van der Waals surface area (Å²) in [6.45, 7) is 2.12. The van der Waals surface area contributed by atoms with Crippen molar-refractivity contribution >= 4 is 28.7 Å². The van der Waals surface area contributed by atoms with Gasteiger partial charge in [0, 0.05) is 16.6 Å². The van der Waals surface area contributed by atoms with E-state index in [0.29, 0.717) is 0 Å². The number of carbonyl (C=O) groups is 3. The van der Waals surface area contributed by atoms with E-state index in [1.54, 1.807) is 0 Å². The number of hydrogen-bond acceptors (Lipinski definition) is 5. The van der Waals surface area contributed by atoms with Gasteiger partial charge in [-0.05, 0) is 55.8 Å². The number of hydrogen-bond donors (Lipinski definition) is 3. The molecule has 180 valence electrons. The monoisotopic (exact) mass is 482 g/mol. The fourth-order valence-corrected chi connectivity index (χ4v) is 3.65. The number of halogens is 4. The number of benzene rings is 2. The number of fused-ring (bicyclic) bond motifs is 1. The molecule has 12 heteroatoms. The Kier molecular flexibility index (Phi) is 6.53. The Bertz CT molecular complexity index is 1280. The van der Waals surface area contributed by atoms with Gasteiger partial charge in [-0.2, -0.15) is 0 Å². The molecule has 0 bridgehead atoms. The van der Waals surface area contributed by atoms with Gasteiger partial charge in [0.25, 0.3) is 5.91 Å². The number of aromatic hydroxyl groups is 1. The Morgan fingerprint density at radius 2 is 1.74 bits per heavy atom. The van der Waals surface area contributed by atoms with E-state index in [1.165, 1.54) is 19.9 Å². The van der Waals surface area contributed by atoms with Crippen molar-refractivity contribution in [3.8, 4) is 11.5 Å². The molecule has 3 aromatic rings.